The molecule has 1 aliphatic heterocycles. The van der Waals surface area contributed by atoms with Crippen molar-refractivity contribution in [3.8, 4) is 0 Å². The Bertz CT molecular complexity index is 584. The van der Waals surface area contributed by atoms with Crippen LogP contribution in [0.3, 0.4) is 0 Å². The number of aromatic amines is 1. The maximum absolute atomic E-state index is 3.64. The van der Waals surface area contributed by atoms with Gasteiger partial charge < -0.3 is 4.98 Å². The van der Waals surface area contributed by atoms with Crippen molar-refractivity contribution in [3.05, 3.63) is 35.5 Å². The number of hydrogen-bond acceptors (Lipinski definition) is 1. The van der Waals surface area contributed by atoms with Crippen LogP contribution in [-0.4, -0.2) is 23.0 Å². The zero-order chi connectivity index (χ0) is 12.1. The number of likely N-dealkylation sites (N-methyl/N-ethyl adjacent to an activating group) is 1. The molecule has 94 valence electrons. The highest BCUT2D eigenvalue weighted by Gasteiger charge is 2.36. The highest BCUT2D eigenvalue weighted by Crippen LogP contribution is 2.44. The smallest absolute Gasteiger partial charge is 0.0459 e. The third kappa shape index (κ3) is 1.39. The van der Waals surface area contributed by atoms with Crippen molar-refractivity contribution in [3.63, 3.8) is 0 Å². The second-order valence-electron chi connectivity index (χ2n) is 5.94. The predicted octanol–water partition coefficient (Wildman–Crippen LogP) is 3.64. The Kier molecular flexibility index (Phi) is 2.28. The van der Waals surface area contributed by atoms with Crippen LogP contribution in [0, 0.1) is 0 Å². The lowest BCUT2D eigenvalue weighted by Gasteiger charge is -2.42. The van der Waals surface area contributed by atoms with E-state index in [-0.39, 0.29) is 0 Å². The highest BCUT2D eigenvalue weighted by molar-refractivity contribution is 5.85. The summed E-state index contributed by atoms with van der Waals surface area (Å²) in [4.78, 5) is 6.19. The number of benzene rings is 1. The Morgan fingerprint density at radius 3 is 2.94 bits per heavy atom. The quantitative estimate of drug-likeness (QED) is 0.745. The van der Waals surface area contributed by atoms with E-state index in [1.54, 1.807) is 5.56 Å². The minimum absolute atomic E-state index is 0.753. The molecule has 2 nitrogen and oxygen atoms in total. The van der Waals surface area contributed by atoms with Crippen molar-refractivity contribution in [1.82, 2.24) is 9.88 Å². The number of nitrogens with zero attached hydrogens (tertiary/aromatic N) is 1. The fourth-order valence-electron chi connectivity index (χ4n) is 4.11. The van der Waals surface area contributed by atoms with Gasteiger partial charge in [-0.25, -0.2) is 0 Å². The van der Waals surface area contributed by atoms with Crippen LogP contribution in [0.4, 0.5) is 0 Å². The summed E-state index contributed by atoms with van der Waals surface area (Å²) in [5.74, 6) is 0.753. The first-order valence-electron chi connectivity index (χ1n) is 7.14. The lowest BCUT2D eigenvalue weighted by molar-refractivity contribution is 0.142. The van der Waals surface area contributed by atoms with Gasteiger partial charge in [0.1, 0.15) is 0 Å². The van der Waals surface area contributed by atoms with Crippen LogP contribution < -0.4 is 0 Å². The van der Waals surface area contributed by atoms with Crippen LogP contribution >= 0.6 is 0 Å². The number of rotatable bonds is 0. The number of hydrogen-bond donors (Lipinski definition) is 1. The van der Waals surface area contributed by atoms with Gasteiger partial charge in [0.05, 0.1) is 0 Å². The van der Waals surface area contributed by atoms with E-state index in [0.717, 1.165) is 18.5 Å². The minimum Gasteiger partial charge on any atom is -0.357 e. The van der Waals surface area contributed by atoms with Gasteiger partial charge in [-0.05, 0) is 31.5 Å². The van der Waals surface area contributed by atoms with Crippen molar-refractivity contribution >= 4 is 10.9 Å². The summed E-state index contributed by atoms with van der Waals surface area (Å²) >= 11 is 0. The van der Waals surface area contributed by atoms with Crippen molar-refractivity contribution in [1.29, 1.82) is 0 Å². The van der Waals surface area contributed by atoms with Gasteiger partial charge in [0.25, 0.3) is 0 Å². The average Bonchev–Trinajstić information content (AvgIpc) is 2.77. The van der Waals surface area contributed by atoms with Gasteiger partial charge in [0.15, 0.2) is 0 Å². The topological polar surface area (TPSA) is 19.0 Å². The summed E-state index contributed by atoms with van der Waals surface area (Å²) in [5.41, 5.74) is 4.41. The van der Waals surface area contributed by atoms with E-state index >= 15 is 0 Å². The summed E-state index contributed by atoms with van der Waals surface area (Å²) in [7, 11) is 2.29. The number of fused-ring (bicyclic) bond motifs is 5. The molecule has 2 heterocycles. The second kappa shape index (κ2) is 3.86. The standard InChI is InChI=1S/C16H20N2/c1-18-10-14-16(12-7-3-5-9-15(12)18)11-6-2-4-8-13(11)17-14/h2,4,6,8,12,15,17H,3,5,7,9-10H2,1H3. The predicted molar refractivity (Wildman–Crippen MR) is 74.8 cm³/mol. The Hall–Kier alpha value is -1.28. The molecule has 0 saturated heterocycles. The van der Waals surface area contributed by atoms with Crippen LogP contribution in [0.2, 0.25) is 0 Å². The molecule has 2 aromatic rings. The largest absolute Gasteiger partial charge is 0.357 e. The van der Waals surface area contributed by atoms with Crippen molar-refractivity contribution in [2.24, 2.45) is 0 Å². The number of nitrogens with one attached hydrogen (secondary N) is 1. The third-order valence-corrected chi connectivity index (χ3v) is 4.90. The molecule has 0 radical (unpaired) electrons. The molecule has 18 heavy (non-hydrogen) atoms. The van der Waals surface area contributed by atoms with E-state index in [1.807, 2.05) is 0 Å². The van der Waals surface area contributed by atoms with E-state index in [4.69, 9.17) is 0 Å². The average molecular weight is 240 g/mol. The fourth-order valence-corrected chi connectivity index (χ4v) is 4.11. The van der Waals surface area contributed by atoms with Gasteiger partial charge in [-0.3, -0.25) is 4.90 Å². The summed E-state index contributed by atoms with van der Waals surface area (Å²) in [6.45, 7) is 1.09. The zero-order valence-corrected chi connectivity index (χ0v) is 10.9. The van der Waals surface area contributed by atoms with E-state index in [0.29, 0.717) is 0 Å². The Labute approximate surface area is 108 Å². The van der Waals surface area contributed by atoms with Crippen molar-refractivity contribution in [2.75, 3.05) is 7.05 Å². The third-order valence-electron chi connectivity index (χ3n) is 4.90. The zero-order valence-electron chi connectivity index (χ0n) is 10.9. The molecular weight excluding hydrogens is 220 g/mol. The first-order valence-corrected chi connectivity index (χ1v) is 7.14. The Balaban J connectivity index is 1.93. The van der Waals surface area contributed by atoms with Crippen LogP contribution in [0.25, 0.3) is 10.9 Å². The van der Waals surface area contributed by atoms with Crippen LogP contribution in [0.1, 0.15) is 42.9 Å². The monoisotopic (exact) mass is 240 g/mol. The van der Waals surface area contributed by atoms with Crippen molar-refractivity contribution in [2.45, 2.75) is 44.2 Å². The first-order chi connectivity index (χ1) is 8.84. The van der Waals surface area contributed by atoms with Crippen LogP contribution in [0.15, 0.2) is 24.3 Å². The summed E-state index contributed by atoms with van der Waals surface area (Å²) in [6, 6.07) is 9.58. The SMILES string of the molecule is CN1Cc2[nH]c3ccccc3c2C2CCCCC21. The molecule has 1 N–H and O–H groups in total. The maximum Gasteiger partial charge on any atom is 0.0459 e. The molecular formula is C16H20N2. The molecule has 1 aromatic carbocycles. The van der Waals surface area contributed by atoms with Gasteiger partial charge in [-0.1, -0.05) is 31.0 Å². The van der Waals surface area contributed by atoms with E-state index in [2.05, 4.69) is 41.2 Å². The minimum atomic E-state index is 0.753. The van der Waals surface area contributed by atoms with Crippen LogP contribution in [0.5, 0.6) is 0 Å². The summed E-state index contributed by atoms with van der Waals surface area (Å²) in [6.07, 6.45) is 5.54. The Morgan fingerprint density at radius 1 is 1.17 bits per heavy atom. The molecule has 0 amide bonds. The van der Waals surface area contributed by atoms with Gasteiger partial charge in [0.2, 0.25) is 0 Å². The normalized spacial score (nSPS) is 28.1. The molecule has 1 aliphatic carbocycles. The number of aromatic nitrogens is 1. The molecule has 1 saturated carbocycles. The van der Waals surface area contributed by atoms with E-state index in [1.165, 1.54) is 42.3 Å². The molecule has 1 fully saturated rings. The fraction of sp³-hybridized carbons (Fsp3) is 0.500. The van der Waals surface area contributed by atoms with Crippen LogP contribution in [-0.2, 0) is 6.54 Å². The summed E-state index contributed by atoms with van der Waals surface area (Å²) < 4.78 is 0. The summed E-state index contributed by atoms with van der Waals surface area (Å²) in [5, 5.41) is 1.47. The number of H-pyrrole nitrogens is 1. The molecule has 0 spiro atoms. The second-order valence-corrected chi connectivity index (χ2v) is 5.94. The van der Waals surface area contributed by atoms with Gasteiger partial charge in [0, 0.05) is 35.1 Å². The van der Waals surface area contributed by atoms with Gasteiger partial charge >= 0.3 is 0 Å². The van der Waals surface area contributed by atoms with E-state index < -0.39 is 0 Å². The first kappa shape index (κ1) is 10.6. The molecule has 1 aromatic heterocycles. The molecule has 2 aliphatic rings. The maximum atomic E-state index is 3.64. The van der Waals surface area contributed by atoms with Crippen molar-refractivity contribution < 1.29 is 0 Å². The number of para-hydroxylation sites is 1. The van der Waals surface area contributed by atoms with E-state index in [9.17, 15) is 0 Å². The molecule has 0 bridgehead atoms. The Morgan fingerprint density at radius 2 is 2.00 bits per heavy atom. The highest BCUT2D eigenvalue weighted by atomic mass is 15.2. The molecule has 4 rings (SSSR count). The lowest BCUT2D eigenvalue weighted by Crippen LogP contribution is -2.42. The van der Waals surface area contributed by atoms with Gasteiger partial charge in [-0.15, -0.1) is 0 Å². The van der Waals surface area contributed by atoms with Gasteiger partial charge in [-0.2, -0.15) is 0 Å². The molecule has 2 heteroatoms. The molecule has 2 unspecified atom stereocenters. The lowest BCUT2D eigenvalue weighted by atomic mass is 9.76. The molecule has 2 atom stereocenters.